The smallest absolute Gasteiger partial charge is 0.0480 e. The summed E-state index contributed by atoms with van der Waals surface area (Å²) in [5, 5.41) is 3.30. The minimum atomic E-state index is 0.599. The molecule has 1 heterocycles. The van der Waals surface area contributed by atoms with E-state index in [1.165, 1.54) is 19.3 Å². The summed E-state index contributed by atoms with van der Waals surface area (Å²) in [6.45, 7) is 6.43. The third kappa shape index (κ3) is 4.09. The van der Waals surface area contributed by atoms with Crippen LogP contribution in [0.4, 0.5) is 0 Å². The van der Waals surface area contributed by atoms with Crippen molar-refractivity contribution in [2.75, 3.05) is 27.3 Å². The molecule has 3 nitrogen and oxygen atoms in total. The van der Waals surface area contributed by atoms with E-state index >= 15 is 0 Å². The van der Waals surface area contributed by atoms with Gasteiger partial charge in [-0.15, -0.1) is 0 Å². The maximum atomic E-state index is 5.39. The molecule has 1 rings (SSSR count). The average Bonchev–Trinajstić information content (AvgIpc) is 2.29. The molecule has 0 aromatic carbocycles. The van der Waals surface area contributed by atoms with Gasteiger partial charge in [0.1, 0.15) is 0 Å². The number of hydrogen-bond acceptors (Lipinski definition) is 3. The number of nitrogens with zero attached hydrogens (tertiary/aromatic N) is 1. The van der Waals surface area contributed by atoms with E-state index < -0.39 is 0 Å². The molecular weight excluding hydrogens is 188 g/mol. The Bertz CT molecular complexity index is 169. The maximum Gasteiger partial charge on any atom is 0.0480 e. The fraction of sp³-hybridized carbons (Fsp3) is 1.00. The molecule has 0 saturated carbocycles. The molecule has 0 aliphatic carbocycles. The molecule has 0 amide bonds. The average molecular weight is 214 g/mol. The van der Waals surface area contributed by atoms with Crippen LogP contribution < -0.4 is 5.32 Å². The van der Waals surface area contributed by atoms with Crippen molar-refractivity contribution >= 4 is 0 Å². The third-order valence-corrected chi connectivity index (χ3v) is 3.65. The Labute approximate surface area is 94.2 Å². The second-order valence-corrected chi connectivity index (χ2v) is 4.78. The van der Waals surface area contributed by atoms with E-state index in [9.17, 15) is 0 Å². The normalized spacial score (nSPS) is 23.0. The van der Waals surface area contributed by atoms with Crippen LogP contribution in [0, 0.1) is 0 Å². The first-order valence-corrected chi connectivity index (χ1v) is 6.12. The molecule has 0 aromatic rings. The van der Waals surface area contributed by atoms with Crippen molar-refractivity contribution in [2.45, 2.75) is 51.2 Å². The summed E-state index contributed by atoms with van der Waals surface area (Å²) in [5.74, 6) is 0. The highest BCUT2D eigenvalue weighted by Gasteiger charge is 2.22. The van der Waals surface area contributed by atoms with E-state index in [4.69, 9.17) is 4.74 Å². The molecule has 1 aliphatic rings. The van der Waals surface area contributed by atoms with Crippen LogP contribution in [0.5, 0.6) is 0 Å². The van der Waals surface area contributed by atoms with Crippen LogP contribution in [0.25, 0.3) is 0 Å². The number of nitrogens with one attached hydrogen (secondary N) is 1. The first-order valence-electron chi connectivity index (χ1n) is 6.12. The first kappa shape index (κ1) is 12.9. The Kier molecular flexibility index (Phi) is 5.58. The highest BCUT2D eigenvalue weighted by Crippen LogP contribution is 2.17. The lowest BCUT2D eigenvalue weighted by Gasteiger charge is -2.36. The van der Waals surface area contributed by atoms with Crippen molar-refractivity contribution < 1.29 is 4.74 Å². The van der Waals surface area contributed by atoms with Gasteiger partial charge in [-0.1, -0.05) is 0 Å². The zero-order valence-corrected chi connectivity index (χ0v) is 10.6. The van der Waals surface area contributed by atoms with Gasteiger partial charge in [0, 0.05) is 31.3 Å². The second kappa shape index (κ2) is 6.46. The molecule has 0 spiro atoms. The predicted molar refractivity (Wildman–Crippen MR) is 64.2 cm³/mol. The Morgan fingerprint density at radius 3 is 2.47 bits per heavy atom. The summed E-state index contributed by atoms with van der Waals surface area (Å²) in [6.07, 6.45) is 3.59. The van der Waals surface area contributed by atoms with Crippen LogP contribution >= 0.6 is 0 Å². The zero-order chi connectivity index (χ0) is 11.3. The van der Waals surface area contributed by atoms with Gasteiger partial charge in [-0.3, -0.25) is 0 Å². The molecule has 1 fully saturated rings. The molecule has 1 N–H and O–H groups in total. The zero-order valence-electron chi connectivity index (χ0n) is 10.6. The Hall–Kier alpha value is -0.120. The van der Waals surface area contributed by atoms with Crippen molar-refractivity contribution in [3.05, 3.63) is 0 Å². The SMILES string of the molecule is CNC(C)CC(C)N(C)C1CCOCC1. The van der Waals surface area contributed by atoms with E-state index in [1.54, 1.807) is 0 Å². The van der Waals surface area contributed by atoms with Gasteiger partial charge in [0.15, 0.2) is 0 Å². The summed E-state index contributed by atoms with van der Waals surface area (Å²) in [4.78, 5) is 2.52. The van der Waals surface area contributed by atoms with Crippen LogP contribution in [0.1, 0.15) is 33.1 Å². The van der Waals surface area contributed by atoms with Gasteiger partial charge in [0.2, 0.25) is 0 Å². The van der Waals surface area contributed by atoms with Crippen LogP contribution in [-0.4, -0.2) is 50.3 Å². The van der Waals surface area contributed by atoms with Gasteiger partial charge in [0.25, 0.3) is 0 Å². The largest absolute Gasteiger partial charge is 0.381 e. The standard InChI is InChI=1S/C12H26N2O/c1-10(13-3)9-11(2)14(4)12-5-7-15-8-6-12/h10-13H,5-9H2,1-4H3. The van der Waals surface area contributed by atoms with E-state index in [0.717, 1.165) is 19.3 Å². The minimum absolute atomic E-state index is 0.599. The molecule has 3 heteroatoms. The summed E-state index contributed by atoms with van der Waals surface area (Å²) < 4.78 is 5.39. The Balaban J connectivity index is 2.33. The lowest BCUT2D eigenvalue weighted by molar-refractivity contribution is 0.0288. The Morgan fingerprint density at radius 1 is 1.33 bits per heavy atom. The first-order chi connectivity index (χ1) is 7.15. The van der Waals surface area contributed by atoms with Crippen molar-refractivity contribution in [3.8, 4) is 0 Å². The molecule has 2 atom stereocenters. The van der Waals surface area contributed by atoms with Crippen molar-refractivity contribution in [2.24, 2.45) is 0 Å². The molecular formula is C12H26N2O. The lowest BCUT2D eigenvalue weighted by atomic mass is 10.0. The van der Waals surface area contributed by atoms with Crippen molar-refractivity contribution in [3.63, 3.8) is 0 Å². The maximum absolute atomic E-state index is 5.39. The van der Waals surface area contributed by atoms with E-state index in [-0.39, 0.29) is 0 Å². The van der Waals surface area contributed by atoms with Crippen LogP contribution in [-0.2, 0) is 4.74 Å². The number of ether oxygens (including phenoxy) is 1. The molecule has 0 aromatic heterocycles. The van der Waals surface area contributed by atoms with Gasteiger partial charge in [0.05, 0.1) is 0 Å². The second-order valence-electron chi connectivity index (χ2n) is 4.78. The molecule has 0 radical (unpaired) electrons. The molecule has 90 valence electrons. The molecule has 2 unspecified atom stereocenters. The van der Waals surface area contributed by atoms with E-state index in [0.29, 0.717) is 12.1 Å². The summed E-state index contributed by atoms with van der Waals surface area (Å²) in [5.41, 5.74) is 0. The molecule has 15 heavy (non-hydrogen) atoms. The van der Waals surface area contributed by atoms with Gasteiger partial charge >= 0.3 is 0 Å². The highest BCUT2D eigenvalue weighted by atomic mass is 16.5. The van der Waals surface area contributed by atoms with Gasteiger partial charge in [-0.05, 0) is 47.2 Å². The highest BCUT2D eigenvalue weighted by molar-refractivity contribution is 4.78. The molecule has 1 aliphatic heterocycles. The van der Waals surface area contributed by atoms with Crippen LogP contribution in [0.15, 0.2) is 0 Å². The number of hydrogen-bond donors (Lipinski definition) is 1. The Morgan fingerprint density at radius 2 is 1.93 bits per heavy atom. The van der Waals surface area contributed by atoms with Crippen molar-refractivity contribution in [1.29, 1.82) is 0 Å². The minimum Gasteiger partial charge on any atom is -0.381 e. The summed E-state index contributed by atoms with van der Waals surface area (Å²) >= 11 is 0. The van der Waals surface area contributed by atoms with Gasteiger partial charge < -0.3 is 15.0 Å². The van der Waals surface area contributed by atoms with E-state index in [1.807, 2.05) is 7.05 Å². The summed E-state index contributed by atoms with van der Waals surface area (Å²) in [6, 6.07) is 1.97. The van der Waals surface area contributed by atoms with E-state index in [2.05, 4.69) is 31.1 Å². The predicted octanol–water partition coefficient (Wildman–Crippen LogP) is 1.48. The van der Waals surface area contributed by atoms with Crippen molar-refractivity contribution in [1.82, 2.24) is 10.2 Å². The van der Waals surface area contributed by atoms with Gasteiger partial charge in [-0.2, -0.15) is 0 Å². The topological polar surface area (TPSA) is 24.5 Å². The van der Waals surface area contributed by atoms with Crippen LogP contribution in [0.3, 0.4) is 0 Å². The van der Waals surface area contributed by atoms with Gasteiger partial charge in [-0.25, -0.2) is 0 Å². The third-order valence-electron chi connectivity index (χ3n) is 3.65. The lowest BCUT2D eigenvalue weighted by Crippen LogP contribution is -2.44. The molecule has 0 bridgehead atoms. The molecule has 1 saturated heterocycles. The monoisotopic (exact) mass is 214 g/mol. The quantitative estimate of drug-likeness (QED) is 0.750. The van der Waals surface area contributed by atoms with Crippen LogP contribution in [0.2, 0.25) is 0 Å². The summed E-state index contributed by atoms with van der Waals surface area (Å²) in [7, 11) is 4.29. The fourth-order valence-corrected chi connectivity index (χ4v) is 2.25. The number of rotatable bonds is 5. The fourth-order valence-electron chi connectivity index (χ4n) is 2.25.